The van der Waals surface area contributed by atoms with Gasteiger partial charge >= 0.3 is 0 Å². The molecule has 0 saturated carbocycles. The van der Waals surface area contributed by atoms with Gasteiger partial charge in [-0.15, -0.1) is 0 Å². The molecule has 4 rings (SSSR count). The van der Waals surface area contributed by atoms with E-state index in [1.807, 2.05) is 24.3 Å². The molecule has 1 aromatic heterocycles. The minimum atomic E-state index is -0.528. The predicted octanol–water partition coefficient (Wildman–Crippen LogP) is 2.26. The van der Waals surface area contributed by atoms with Crippen LogP contribution in [0.2, 0.25) is 0 Å². The molecule has 2 aromatic rings. The van der Waals surface area contributed by atoms with Crippen LogP contribution in [-0.4, -0.2) is 40.3 Å². The molecule has 1 aromatic carbocycles. The molecule has 0 spiro atoms. The van der Waals surface area contributed by atoms with Crippen molar-refractivity contribution in [1.82, 2.24) is 14.7 Å². The van der Waals surface area contributed by atoms with Gasteiger partial charge in [0.2, 0.25) is 5.91 Å². The Morgan fingerprint density at radius 3 is 2.77 bits per heavy atom. The van der Waals surface area contributed by atoms with Gasteiger partial charge in [-0.3, -0.25) is 9.59 Å². The standard InChI is InChI=1S/C22H24N4O4/c1-14-15(2)24-26(22(28)17(14)12-23)13-21(27)25-8-3-5-18(25)16-6-7-19-20(11-16)30-10-4-9-29-19/h6-7,11,18H,3-5,8-10,13H2,1-2H3/t18-/m0/s1. The van der Waals surface area contributed by atoms with Crippen LogP contribution in [0.4, 0.5) is 0 Å². The smallest absolute Gasteiger partial charge is 0.285 e. The minimum Gasteiger partial charge on any atom is -0.490 e. The maximum Gasteiger partial charge on any atom is 0.285 e. The number of carbonyl (C=O) groups is 1. The van der Waals surface area contributed by atoms with Crippen molar-refractivity contribution in [2.24, 2.45) is 0 Å². The van der Waals surface area contributed by atoms with E-state index in [1.54, 1.807) is 18.7 Å². The lowest BCUT2D eigenvalue weighted by atomic mass is 10.0. The third-order valence-electron chi connectivity index (χ3n) is 5.76. The molecule has 3 heterocycles. The number of nitriles is 1. The zero-order valence-corrected chi connectivity index (χ0v) is 17.2. The quantitative estimate of drug-likeness (QED) is 0.773. The molecule has 1 amide bonds. The van der Waals surface area contributed by atoms with E-state index in [0.29, 0.717) is 36.8 Å². The Bertz CT molecular complexity index is 1090. The zero-order valence-electron chi connectivity index (χ0n) is 17.2. The molecule has 0 N–H and O–H groups in total. The summed E-state index contributed by atoms with van der Waals surface area (Å²) >= 11 is 0. The van der Waals surface area contributed by atoms with Crippen LogP contribution in [0.1, 0.15) is 47.7 Å². The van der Waals surface area contributed by atoms with Gasteiger partial charge in [0, 0.05) is 13.0 Å². The number of benzene rings is 1. The summed E-state index contributed by atoms with van der Waals surface area (Å²) in [4.78, 5) is 27.4. The topological polar surface area (TPSA) is 97.4 Å². The van der Waals surface area contributed by atoms with Crippen molar-refractivity contribution in [3.05, 3.63) is 50.9 Å². The van der Waals surface area contributed by atoms with Gasteiger partial charge in [0.15, 0.2) is 11.5 Å². The van der Waals surface area contributed by atoms with Gasteiger partial charge in [-0.05, 0) is 49.9 Å². The number of likely N-dealkylation sites (tertiary alicyclic amines) is 1. The minimum absolute atomic E-state index is 0.0381. The highest BCUT2D eigenvalue weighted by Gasteiger charge is 2.31. The lowest BCUT2D eigenvalue weighted by Crippen LogP contribution is -2.38. The van der Waals surface area contributed by atoms with Crippen molar-refractivity contribution in [1.29, 1.82) is 5.26 Å². The van der Waals surface area contributed by atoms with Crippen LogP contribution in [0, 0.1) is 25.2 Å². The number of hydrogen-bond donors (Lipinski definition) is 0. The van der Waals surface area contributed by atoms with Gasteiger partial charge in [-0.1, -0.05) is 6.07 Å². The number of carbonyl (C=O) groups excluding carboxylic acids is 1. The summed E-state index contributed by atoms with van der Waals surface area (Å²) in [5.41, 5.74) is 1.62. The molecular weight excluding hydrogens is 384 g/mol. The molecule has 0 radical (unpaired) electrons. The van der Waals surface area contributed by atoms with E-state index in [-0.39, 0.29) is 24.1 Å². The van der Waals surface area contributed by atoms with Crippen LogP contribution in [0.5, 0.6) is 11.5 Å². The Morgan fingerprint density at radius 2 is 2.00 bits per heavy atom. The Labute approximate surface area is 174 Å². The first kappa shape index (κ1) is 20.0. The molecule has 2 aliphatic heterocycles. The number of aryl methyl sites for hydroxylation is 1. The molecule has 8 nitrogen and oxygen atoms in total. The molecular formula is C22H24N4O4. The number of fused-ring (bicyclic) bond motifs is 1. The third-order valence-corrected chi connectivity index (χ3v) is 5.76. The van der Waals surface area contributed by atoms with Crippen LogP contribution in [0.25, 0.3) is 0 Å². The van der Waals surface area contributed by atoms with E-state index in [4.69, 9.17) is 9.47 Å². The van der Waals surface area contributed by atoms with Gasteiger partial charge in [0.25, 0.3) is 5.56 Å². The van der Waals surface area contributed by atoms with Gasteiger partial charge in [0.05, 0.1) is 24.9 Å². The maximum atomic E-state index is 13.1. The Kier molecular flexibility index (Phi) is 5.44. The van der Waals surface area contributed by atoms with Crippen molar-refractivity contribution < 1.29 is 14.3 Å². The Balaban J connectivity index is 1.58. The highest BCUT2D eigenvalue weighted by Crippen LogP contribution is 2.38. The summed E-state index contributed by atoms with van der Waals surface area (Å²) in [6.07, 6.45) is 2.55. The summed E-state index contributed by atoms with van der Waals surface area (Å²) < 4.78 is 12.6. The number of amides is 1. The molecule has 0 unspecified atom stereocenters. The molecule has 1 saturated heterocycles. The van der Waals surface area contributed by atoms with Crippen molar-refractivity contribution in [3.63, 3.8) is 0 Å². The van der Waals surface area contributed by atoms with Crippen LogP contribution in [-0.2, 0) is 11.3 Å². The average Bonchev–Trinajstić information content (AvgIpc) is 3.11. The van der Waals surface area contributed by atoms with E-state index < -0.39 is 5.56 Å². The highest BCUT2D eigenvalue weighted by molar-refractivity contribution is 5.77. The monoisotopic (exact) mass is 408 g/mol. The number of hydrogen-bond acceptors (Lipinski definition) is 6. The van der Waals surface area contributed by atoms with E-state index in [9.17, 15) is 14.9 Å². The maximum absolute atomic E-state index is 13.1. The molecule has 1 atom stereocenters. The lowest BCUT2D eigenvalue weighted by molar-refractivity contribution is -0.133. The summed E-state index contributed by atoms with van der Waals surface area (Å²) in [6, 6.07) is 7.66. The van der Waals surface area contributed by atoms with Gasteiger partial charge in [-0.2, -0.15) is 10.4 Å². The van der Waals surface area contributed by atoms with Crippen molar-refractivity contribution in [2.45, 2.75) is 45.7 Å². The molecule has 0 aliphatic carbocycles. The first-order valence-corrected chi connectivity index (χ1v) is 10.2. The summed E-state index contributed by atoms with van der Waals surface area (Å²) in [5.74, 6) is 1.24. The largest absolute Gasteiger partial charge is 0.490 e. The highest BCUT2D eigenvalue weighted by atomic mass is 16.5. The first-order chi connectivity index (χ1) is 14.5. The van der Waals surface area contributed by atoms with E-state index in [0.717, 1.165) is 35.3 Å². The number of rotatable bonds is 3. The van der Waals surface area contributed by atoms with Crippen LogP contribution >= 0.6 is 0 Å². The van der Waals surface area contributed by atoms with E-state index in [1.165, 1.54) is 0 Å². The normalized spacial score (nSPS) is 18.0. The van der Waals surface area contributed by atoms with Crippen LogP contribution < -0.4 is 15.0 Å². The zero-order chi connectivity index (χ0) is 21.3. The number of nitrogens with zero attached hydrogens (tertiary/aromatic N) is 4. The van der Waals surface area contributed by atoms with Gasteiger partial charge in [0.1, 0.15) is 18.2 Å². The first-order valence-electron chi connectivity index (χ1n) is 10.2. The van der Waals surface area contributed by atoms with Gasteiger partial charge in [-0.25, -0.2) is 4.68 Å². The van der Waals surface area contributed by atoms with Crippen LogP contribution in [0.15, 0.2) is 23.0 Å². The SMILES string of the molecule is Cc1nn(CC(=O)N2CCC[C@H]2c2ccc3c(c2)OCCCO3)c(=O)c(C#N)c1C. The van der Waals surface area contributed by atoms with Crippen molar-refractivity contribution in [2.75, 3.05) is 19.8 Å². The fourth-order valence-corrected chi connectivity index (χ4v) is 4.03. The van der Waals surface area contributed by atoms with E-state index in [2.05, 4.69) is 5.10 Å². The Hall–Kier alpha value is -3.34. The molecule has 156 valence electrons. The van der Waals surface area contributed by atoms with Crippen molar-refractivity contribution in [3.8, 4) is 17.6 Å². The number of aromatic nitrogens is 2. The molecule has 8 heteroatoms. The summed E-state index contributed by atoms with van der Waals surface area (Å²) in [7, 11) is 0. The second-order valence-electron chi connectivity index (χ2n) is 7.66. The summed E-state index contributed by atoms with van der Waals surface area (Å²) in [5, 5.41) is 13.5. The van der Waals surface area contributed by atoms with Gasteiger partial charge < -0.3 is 14.4 Å². The summed E-state index contributed by atoms with van der Waals surface area (Å²) in [6.45, 7) is 5.08. The second kappa shape index (κ2) is 8.19. The lowest BCUT2D eigenvalue weighted by Gasteiger charge is -2.26. The second-order valence-corrected chi connectivity index (χ2v) is 7.66. The van der Waals surface area contributed by atoms with Crippen molar-refractivity contribution >= 4 is 5.91 Å². The third kappa shape index (κ3) is 3.63. The van der Waals surface area contributed by atoms with E-state index >= 15 is 0 Å². The average molecular weight is 408 g/mol. The molecule has 0 bridgehead atoms. The molecule has 1 fully saturated rings. The predicted molar refractivity (Wildman–Crippen MR) is 108 cm³/mol. The fourth-order valence-electron chi connectivity index (χ4n) is 4.03. The number of ether oxygens (including phenoxy) is 2. The Morgan fingerprint density at radius 1 is 1.23 bits per heavy atom. The van der Waals surface area contributed by atoms with Crippen LogP contribution in [0.3, 0.4) is 0 Å². The molecule has 30 heavy (non-hydrogen) atoms. The molecule has 2 aliphatic rings. The fraction of sp³-hybridized carbons (Fsp3) is 0.455.